The number of carbonyl (C=O) groups is 2. The van der Waals surface area contributed by atoms with Gasteiger partial charge in [0, 0.05) is 58.0 Å². The Morgan fingerprint density at radius 1 is 1.12 bits per heavy atom. The van der Waals surface area contributed by atoms with Crippen molar-refractivity contribution in [2.75, 3.05) is 45.6 Å². The first-order valence-corrected chi connectivity index (χ1v) is 12.4. The first-order chi connectivity index (χ1) is 15.5. The Hall–Kier alpha value is -1.83. The smallest absolute Gasteiger partial charge is 0.254 e. The molecule has 1 atom stereocenters. The molecule has 2 aliphatic heterocycles. The van der Waals surface area contributed by atoms with Crippen LogP contribution < -0.4 is 5.32 Å². The number of carbonyl (C=O) groups excluding carboxylic acids is 2. The highest BCUT2D eigenvalue weighted by Gasteiger charge is 2.39. The summed E-state index contributed by atoms with van der Waals surface area (Å²) in [5.41, 5.74) is 0.164. The fraction of sp³-hybridized carbons (Fsp3) is 0.680. The Labute approximate surface area is 203 Å². The van der Waals surface area contributed by atoms with Gasteiger partial charge in [-0.2, -0.15) is 0 Å². The molecule has 2 N–H and O–H groups in total. The molecule has 33 heavy (non-hydrogen) atoms. The minimum Gasteiger partial charge on any atom is -0.382 e. The molecule has 8 heteroatoms. The Morgan fingerprint density at radius 2 is 1.73 bits per heavy atom. The lowest BCUT2D eigenvalue weighted by Gasteiger charge is -2.43. The highest BCUT2D eigenvalue weighted by molar-refractivity contribution is 6.34. The molecule has 0 aliphatic carbocycles. The van der Waals surface area contributed by atoms with E-state index < -0.39 is 5.60 Å². The number of piperidine rings is 2. The van der Waals surface area contributed by atoms with Crippen molar-refractivity contribution in [3.63, 3.8) is 0 Å². The van der Waals surface area contributed by atoms with Crippen LogP contribution in [0.5, 0.6) is 0 Å². The third-order valence-electron chi connectivity index (χ3n) is 7.33. The largest absolute Gasteiger partial charge is 0.382 e. The molecule has 2 fully saturated rings. The predicted molar refractivity (Wildman–Crippen MR) is 133 cm³/mol. The lowest BCUT2D eigenvalue weighted by Crippen LogP contribution is -2.55. The fourth-order valence-electron chi connectivity index (χ4n) is 4.67. The Morgan fingerprint density at radius 3 is 2.24 bits per heavy atom. The van der Waals surface area contributed by atoms with Gasteiger partial charge in [-0.3, -0.25) is 9.59 Å². The van der Waals surface area contributed by atoms with Crippen LogP contribution in [0.2, 0.25) is 5.02 Å². The summed E-state index contributed by atoms with van der Waals surface area (Å²) in [6, 6.07) is 6.41. The van der Waals surface area contributed by atoms with Crippen LogP contribution in [0.15, 0.2) is 18.2 Å². The monoisotopic (exact) mass is 478 g/mol. The Bertz CT molecular complexity index is 842. The molecule has 0 spiro atoms. The number of hydrogen-bond acceptors (Lipinski definition) is 5. The van der Waals surface area contributed by atoms with Crippen LogP contribution in [0.1, 0.15) is 56.8 Å². The fourth-order valence-corrected chi connectivity index (χ4v) is 4.93. The molecule has 2 amide bonds. The maximum atomic E-state index is 12.7. The molecule has 7 nitrogen and oxygen atoms in total. The second kappa shape index (κ2) is 10.6. The van der Waals surface area contributed by atoms with Gasteiger partial charge in [0.2, 0.25) is 0 Å². The molecule has 0 radical (unpaired) electrons. The number of aliphatic hydroxyl groups is 1. The van der Waals surface area contributed by atoms with E-state index in [1.165, 1.54) is 4.90 Å². The zero-order valence-electron chi connectivity index (χ0n) is 20.6. The summed E-state index contributed by atoms with van der Waals surface area (Å²) in [5.74, 6) is -0.343. The Balaban J connectivity index is 1.47. The van der Waals surface area contributed by atoms with E-state index in [4.69, 9.17) is 11.6 Å². The predicted octanol–water partition coefficient (Wildman–Crippen LogP) is 3.32. The lowest BCUT2D eigenvalue weighted by atomic mass is 9.89. The van der Waals surface area contributed by atoms with Crippen molar-refractivity contribution in [3.05, 3.63) is 28.8 Å². The van der Waals surface area contributed by atoms with E-state index in [9.17, 15) is 14.7 Å². The molecule has 1 aromatic rings. The van der Waals surface area contributed by atoms with Crippen LogP contribution >= 0.6 is 11.6 Å². The second-order valence-electron chi connectivity index (χ2n) is 10.2. The summed E-state index contributed by atoms with van der Waals surface area (Å²) >= 11 is 6.35. The number of benzene rings is 1. The molecule has 2 aliphatic rings. The van der Waals surface area contributed by atoms with E-state index in [1.54, 1.807) is 27.1 Å². The summed E-state index contributed by atoms with van der Waals surface area (Å²) in [7, 11) is 3.44. The van der Waals surface area contributed by atoms with Crippen LogP contribution in [-0.2, 0) is 4.79 Å². The third-order valence-corrected chi connectivity index (χ3v) is 7.64. The van der Waals surface area contributed by atoms with E-state index in [0.29, 0.717) is 35.8 Å². The van der Waals surface area contributed by atoms with Crippen LogP contribution in [-0.4, -0.2) is 89.6 Å². The minimum absolute atomic E-state index is 0.0968. The number of nitrogens with zero attached hydrogens (tertiary/aromatic N) is 3. The van der Waals surface area contributed by atoms with Gasteiger partial charge >= 0.3 is 0 Å². The van der Waals surface area contributed by atoms with Crippen LogP contribution in [0, 0.1) is 5.92 Å². The van der Waals surface area contributed by atoms with Gasteiger partial charge in [0.1, 0.15) is 5.60 Å². The molecule has 0 unspecified atom stereocenters. The first-order valence-electron chi connectivity index (χ1n) is 12.0. The van der Waals surface area contributed by atoms with Crippen molar-refractivity contribution in [3.8, 4) is 0 Å². The maximum Gasteiger partial charge on any atom is 0.254 e. The number of likely N-dealkylation sites (tertiary alicyclic amines) is 2. The van der Waals surface area contributed by atoms with Crippen molar-refractivity contribution in [1.82, 2.24) is 14.7 Å². The van der Waals surface area contributed by atoms with Crippen molar-refractivity contribution in [1.29, 1.82) is 0 Å². The summed E-state index contributed by atoms with van der Waals surface area (Å²) < 4.78 is 0. The molecule has 0 bridgehead atoms. The van der Waals surface area contributed by atoms with Gasteiger partial charge in [-0.1, -0.05) is 25.4 Å². The number of nitrogens with one attached hydrogen (secondary N) is 1. The van der Waals surface area contributed by atoms with Crippen molar-refractivity contribution < 1.29 is 14.7 Å². The molecule has 2 heterocycles. The molecular formula is C25H39ClN4O3. The van der Waals surface area contributed by atoms with Gasteiger partial charge in [0.15, 0.2) is 0 Å². The number of halogens is 1. The topological polar surface area (TPSA) is 76.1 Å². The number of rotatable bonds is 6. The van der Waals surface area contributed by atoms with Crippen molar-refractivity contribution in [2.24, 2.45) is 5.92 Å². The van der Waals surface area contributed by atoms with Gasteiger partial charge in [-0.15, -0.1) is 0 Å². The standard InChI is InChI=1S/C25H39ClN4O3/c1-17(2)25(3,33)24(32)30-14-10-20(11-15-30)29-12-8-18(9-13-29)27-19-6-7-21(22(26)16-19)23(31)28(4)5/h6-7,16-18,20,27,33H,8-15H2,1-5H3/t25-/m1/s1. The van der Waals surface area contributed by atoms with E-state index in [2.05, 4.69) is 10.2 Å². The first kappa shape index (κ1) is 25.8. The van der Waals surface area contributed by atoms with Crippen LogP contribution in [0.4, 0.5) is 5.69 Å². The van der Waals surface area contributed by atoms with E-state index in [0.717, 1.165) is 44.5 Å². The summed E-state index contributed by atoms with van der Waals surface area (Å²) in [5, 5.41) is 14.6. The summed E-state index contributed by atoms with van der Waals surface area (Å²) in [6.45, 7) is 8.85. The van der Waals surface area contributed by atoms with Crippen molar-refractivity contribution >= 4 is 29.1 Å². The minimum atomic E-state index is -1.29. The number of amides is 2. The SMILES string of the molecule is CC(C)[C@@](C)(O)C(=O)N1CCC(N2CCC(Nc3ccc(C(=O)N(C)C)c(Cl)c3)CC2)CC1. The van der Waals surface area contributed by atoms with E-state index >= 15 is 0 Å². The highest BCUT2D eigenvalue weighted by atomic mass is 35.5. The normalized spacial score (nSPS) is 20.5. The maximum absolute atomic E-state index is 12.7. The third kappa shape index (κ3) is 6.00. The van der Waals surface area contributed by atoms with Gasteiger partial charge < -0.3 is 25.1 Å². The zero-order valence-corrected chi connectivity index (χ0v) is 21.4. The number of hydrogen-bond donors (Lipinski definition) is 2. The van der Waals surface area contributed by atoms with E-state index in [-0.39, 0.29) is 17.7 Å². The average molecular weight is 479 g/mol. The average Bonchev–Trinajstić information content (AvgIpc) is 2.78. The number of anilines is 1. The van der Waals surface area contributed by atoms with Gasteiger partial charge in [0.05, 0.1) is 10.6 Å². The zero-order chi connectivity index (χ0) is 24.3. The van der Waals surface area contributed by atoms with Gasteiger partial charge in [-0.05, 0) is 56.7 Å². The summed E-state index contributed by atoms with van der Waals surface area (Å²) in [4.78, 5) is 30.8. The molecule has 3 rings (SSSR count). The van der Waals surface area contributed by atoms with Crippen LogP contribution in [0.3, 0.4) is 0 Å². The van der Waals surface area contributed by atoms with E-state index in [1.807, 2.05) is 30.9 Å². The van der Waals surface area contributed by atoms with Crippen LogP contribution in [0.25, 0.3) is 0 Å². The molecule has 2 saturated heterocycles. The molecule has 0 aromatic heterocycles. The molecule has 184 valence electrons. The lowest BCUT2D eigenvalue weighted by molar-refractivity contribution is -0.155. The van der Waals surface area contributed by atoms with Gasteiger partial charge in [0.25, 0.3) is 11.8 Å². The quantitative estimate of drug-likeness (QED) is 0.656. The Kier molecular flexibility index (Phi) is 8.30. The second-order valence-corrected chi connectivity index (χ2v) is 10.6. The molecule has 1 aromatic carbocycles. The highest BCUT2D eigenvalue weighted by Crippen LogP contribution is 2.27. The summed E-state index contributed by atoms with van der Waals surface area (Å²) in [6.07, 6.45) is 3.98. The van der Waals surface area contributed by atoms with Gasteiger partial charge in [-0.25, -0.2) is 0 Å². The molecule has 0 saturated carbocycles. The van der Waals surface area contributed by atoms with Crippen molar-refractivity contribution in [2.45, 2.75) is 64.1 Å². The molecular weight excluding hydrogens is 440 g/mol.